The Morgan fingerprint density at radius 3 is 2.28 bits per heavy atom. The Hall–Kier alpha value is -6.48. The molecule has 2 aliphatic rings. The van der Waals surface area contributed by atoms with Crippen LogP contribution in [0.2, 0.25) is 10.0 Å². The van der Waals surface area contributed by atoms with Gasteiger partial charge in [-0.15, -0.1) is 0 Å². The number of carbonyl (C=O) groups excluding carboxylic acids is 3. The van der Waals surface area contributed by atoms with E-state index in [-0.39, 0.29) is 46.9 Å². The molecule has 65 heavy (non-hydrogen) atoms. The zero-order chi connectivity index (χ0) is 46.2. The van der Waals surface area contributed by atoms with Crippen LogP contribution in [0.3, 0.4) is 0 Å². The Labute approximate surface area is 389 Å². The van der Waals surface area contributed by atoms with Crippen LogP contribution >= 0.6 is 34.5 Å². The lowest BCUT2D eigenvalue weighted by Crippen LogP contribution is -2.56. The number of benzene rings is 5. The summed E-state index contributed by atoms with van der Waals surface area (Å²) in [6.45, 7) is 1.51. The van der Waals surface area contributed by atoms with Crippen molar-refractivity contribution in [1.29, 1.82) is 5.26 Å². The maximum atomic E-state index is 14.5. The van der Waals surface area contributed by atoms with Gasteiger partial charge < -0.3 is 30.2 Å². The fourth-order valence-electron chi connectivity index (χ4n) is 7.79. The molecule has 0 aliphatic carbocycles. The largest absolute Gasteiger partial charge is 0.489 e. The van der Waals surface area contributed by atoms with Crippen molar-refractivity contribution >= 4 is 73.2 Å². The highest BCUT2D eigenvalue weighted by Crippen LogP contribution is 2.43. The average Bonchev–Trinajstić information content (AvgIpc) is 3.67. The first kappa shape index (κ1) is 45.1. The van der Waals surface area contributed by atoms with Crippen molar-refractivity contribution in [2.24, 2.45) is 0 Å². The summed E-state index contributed by atoms with van der Waals surface area (Å²) in [4.78, 5) is 47.2. The van der Waals surface area contributed by atoms with Gasteiger partial charge in [-0.3, -0.25) is 9.59 Å². The highest BCUT2D eigenvalue weighted by Gasteiger charge is 2.44. The number of hydrogen-bond donors (Lipinski definition) is 2. The van der Waals surface area contributed by atoms with E-state index < -0.39 is 40.1 Å². The van der Waals surface area contributed by atoms with Gasteiger partial charge in [-0.2, -0.15) is 9.57 Å². The van der Waals surface area contributed by atoms with Gasteiger partial charge in [0.25, 0.3) is 15.9 Å². The second kappa shape index (κ2) is 18.6. The van der Waals surface area contributed by atoms with E-state index in [1.807, 2.05) is 42.5 Å². The van der Waals surface area contributed by atoms with E-state index in [2.05, 4.69) is 16.4 Å². The number of anilines is 2. The summed E-state index contributed by atoms with van der Waals surface area (Å²) < 4.78 is 47.4. The SMILES string of the molecule is COC(=O)C(Cc1ccc(-c2ccc(C#N)cc2)cc1)NC(=O)C1Cc2cc3c(cc2CN1S(=O)(=O)c1sc(N)nc1C)OC(c1ccc(OCc2ccc(Cl)c(Cl)c2)cc1)C(=O)N3C. The molecule has 0 saturated carbocycles. The lowest BCUT2D eigenvalue weighted by molar-refractivity contribution is -0.145. The number of fused-ring (bicyclic) bond motifs is 2. The number of nitriles is 1. The Bertz CT molecular complexity index is 2980. The number of halogens is 2. The smallest absolute Gasteiger partial charge is 0.328 e. The summed E-state index contributed by atoms with van der Waals surface area (Å²) in [5.74, 6) is -0.915. The molecular weight excluding hydrogens is 912 g/mol. The molecule has 0 fully saturated rings. The van der Waals surface area contributed by atoms with Gasteiger partial charge in [0.05, 0.1) is 40.2 Å². The van der Waals surface area contributed by atoms with Crippen LogP contribution in [0.1, 0.15) is 45.2 Å². The zero-order valence-corrected chi connectivity index (χ0v) is 38.2. The molecule has 1 aromatic heterocycles. The summed E-state index contributed by atoms with van der Waals surface area (Å²) in [5.41, 5.74) is 12.1. The minimum atomic E-state index is -4.41. The van der Waals surface area contributed by atoms with Crippen LogP contribution < -0.4 is 25.4 Å². The number of amides is 2. The number of hydrogen-bond acceptors (Lipinski definition) is 12. The van der Waals surface area contributed by atoms with Crippen LogP contribution in [-0.2, 0) is 55.1 Å². The van der Waals surface area contributed by atoms with Crippen LogP contribution in [-0.4, -0.2) is 61.7 Å². The van der Waals surface area contributed by atoms with Gasteiger partial charge >= 0.3 is 5.97 Å². The number of thiazole rings is 1. The molecule has 5 aromatic carbocycles. The van der Waals surface area contributed by atoms with Gasteiger partial charge in [0.1, 0.15) is 30.2 Å². The number of nitrogen functional groups attached to an aromatic ring is 1. The summed E-state index contributed by atoms with van der Waals surface area (Å²) in [6, 6.07) is 29.7. The highest BCUT2D eigenvalue weighted by atomic mass is 35.5. The number of likely N-dealkylation sites (N-methyl/N-ethyl adjacent to an activating group) is 1. The number of methoxy groups -OCH3 is 1. The van der Waals surface area contributed by atoms with Gasteiger partial charge in [0.2, 0.25) is 12.0 Å². The molecule has 332 valence electrons. The summed E-state index contributed by atoms with van der Waals surface area (Å²) in [7, 11) is -1.58. The molecule has 2 amide bonds. The molecule has 8 rings (SSSR count). The van der Waals surface area contributed by atoms with Crippen LogP contribution in [0, 0.1) is 18.3 Å². The summed E-state index contributed by atoms with van der Waals surface area (Å²) >= 11 is 13.0. The lowest BCUT2D eigenvalue weighted by atomic mass is 9.93. The van der Waals surface area contributed by atoms with E-state index in [4.69, 9.17) is 48.4 Å². The quantitative estimate of drug-likeness (QED) is 0.115. The van der Waals surface area contributed by atoms with Gasteiger partial charge in [-0.25, -0.2) is 18.2 Å². The third-order valence-corrected chi connectivity index (χ3v) is 15.4. The maximum absolute atomic E-state index is 14.5. The van der Waals surface area contributed by atoms with Gasteiger partial charge in [-0.1, -0.05) is 89.1 Å². The topological polar surface area (TPSA) is 194 Å². The third kappa shape index (κ3) is 9.38. The standard InChI is InChI=1S/C47H40Cl2N6O8S2/c1-26-46(64-47(51)52-26)65(59,60)55-24-34-22-41-39(54(2)44(57)42(63-41)32-13-15-35(16-14-32)62-25-29-8-17-36(48)37(49)18-29)20-33(34)21-40(55)43(56)53-38(45(58)61-3)19-27-4-9-30(10-5-27)31-11-6-28(23-50)7-12-31/h4-18,20,22,38,40,42H,19,21,24-25H2,1-3H3,(H2,51,52)(H,53,56). The number of ether oxygens (including phenoxy) is 3. The normalized spacial score (nSPS) is 16.4. The van der Waals surface area contributed by atoms with Crippen molar-refractivity contribution in [2.45, 2.75) is 55.3 Å². The first-order valence-electron chi connectivity index (χ1n) is 20.1. The second-order valence-corrected chi connectivity index (χ2v) is 19.4. The second-order valence-electron chi connectivity index (χ2n) is 15.5. The van der Waals surface area contributed by atoms with Gasteiger partial charge in [0, 0.05) is 25.6 Å². The van der Waals surface area contributed by atoms with E-state index in [0.29, 0.717) is 55.0 Å². The molecule has 0 bridgehead atoms. The minimum Gasteiger partial charge on any atom is -0.489 e. The average molecular weight is 952 g/mol. The molecule has 18 heteroatoms. The molecule has 3 heterocycles. The van der Waals surface area contributed by atoms with E-state index in [9.17, 15) is 22.8 Å². The number of esters is 1. The maximum Gasteiger partial charge on any atom is 0.328 e. The van der Waals surface area contributed by atoms with Crippen molar-refractivity contribution in [3.05, 3.63) is 152 Å². The van der Waals surface area contributed by atoms with Crippen LogP contribution in [0.25, 0.3) is 11.1 Å². The zero-order valence-electron chi connectivity index (χ0n) is 35.1. The predicted octanol–water partition coefficient (Wildman–Crippen LogP) is 7.57. The molecule has 3 unspecified atom stereocenters. The Balaban J connectivity index is 1.05. The number of aromatic nitrogens is 1. The van der Waals surface area contributed by atoms with Crippen LogP contribution in [0.15, 0.2) is 107 Å². The van der Waals surface area contributed by atoms with Crippen molar-refractivity contribution in [3.63, 3.8) is 0 Å². The highest BCUT2D eigenvalue weighted by molar-refractivity contribution is 7.91. The number of carbonyl (C=O) groups is 3. The van der Waals surface area contributed by atoms with E-state index in [0.717, 1.165) is 32.3 Å². The van der Waals surface area contributed by atoms with Crippen LogP contribution in [0.5, 0.6) is 11.5 Å². The Kier molecular flexibility index (Phi) is 12.9. The van der Waals surface area contributed by atoms with Crippen molar-refractivity contribution < 1.29 is 37.0 Å². The van der Waals surface area contributed by atoms with E-state index >= 15 is 0 Å². The fourth-order valence-corrected chi connectivity index (χ4v) is 11.1. The summed E-state index contributed by atoms with van der Waals surface area (Å²) in [6.07, 6.45) is -1.09. The number of sulfonamides is 1. The first-order chi connectivity index (χ1) is 31.1. The van der Waals surface area contributed by atoms with Crippen LogP contribution in [0.4, 0.5) is 10.8 Å². The predicted molar refractivity (Wildman–Crippen MR) is 246 cm³/mol. The molecule has 14 nitrogen and oxygen atoms in total. The Morgan fingerprint density at radius 1 is 0.969 bits per heavy atom. The first-order valence-corrected chi connectivity index (χ1v) is 23.1. The van der Waals surface area contributed by atoms with Crippen molar-refractivity contribution in [3.8, 4) is 28.7 Å². The molecule has 0 spiro atoms. The molecular formula is C47H40Cl2N6O8S2. The molecule has 0 saturated heterocycles. The van der Waals surface area contributed by atoms with Gasteiger partial charge in [0.15, 0.2) is 9.34 Å². The molecule has 2 aliphatic heterocycles. The number of aryl methyl sites for hydroxylation is 1. The Morgan fingerprint density at radius 2 is 1.65 bits per heavy atom. The molecule has 3 atom stereocenters. The lowest BCUT2D eigenvalue weighted by Gasteiger charge is -2.38. The molecule has 6 aromatic rings. The van der Waals surface area contributed by atoms with E-state index in [1.54, 1.807) is 67.7 Å². The number of nitrogens with two attached hydrogens (primary N) is 1. The molecule has 3 N–H and O–H groups in total. The monoisotopic (exact) mass is 950 g/mol. The number of nitrogens with zero attached hydrogens (tertiary/aromatic N) is 4. The number of nitrogens with one attached hydrogen (secondary N) is 1. The number of rotatable bonds is 12. The van der Waals surface area contributed by atoms with Crippen molar-refractivity contribution in [1.82, 2.24) is 14.6 Å². The third-order valence-electron chi connectivity index (χ3n) is 11.3. The van der Waals surface area contributed by atoms with Crippen molar-refractivity contribution in [2.75, 3.05) is 24.8 Å². The molecule has 0 radical (unpaired) electrons. The van der Waals surface area contributed by atoms with E-state index in [1.165, 1.54) is 18.9 Å². The minimum absolute atomic E-state index is 0.0417. The fraction of sp³-hybridized carbons (Fsp3) is 0.213. The van der Waals surface area contributed by atoms with Gasteiger partial charge in [-0.05, 0) is 95.3 Å². The summed E-state index contributed by atoms with van der Waals surface area (Å²) in [5, 5.41) is 12.8.